The van der Waals surface area contributed by atoms with Gasteiger partial charge in [0.1, 0.15) is 5.75 Å². The topological polar surface area (TPSA) is 21.3 Å². The van der Waals surface area contributed by atoms with Gasteiger partial charge >= 0.3 is 0 Å². The second-order valence-corrected chi connectivity index (χ2v) is 5.91. The van der Waals surface area contributed by atoms with Crippen LogP contribution in [0.2, 0.25) is 0 Å². The van der Waals surface area contributed by atoms with Gasteiger partial charge in [0.05, 0.1) is 6.61 Å². The van der Waals surface area contributed by atoms with E-state index in [0.717, 1.165) is 31.2 Å². The van der Waals surface area contributed by atoms with Crippen molar-refractivity contribution in [1.82, 2.24) is 5.32 Å². The Bertz CT molecular complexity index is 375. The second-order valence-electron chi connectivity index (χ2n) is 5.91. The van der Waals surface area contributed by atoms with Crippen LogP contribution < -0.4 is 10.1 Å². The van der Waals surface area contributed by atoms with E-state index in [9.17, 15) is 0 Å². The SMILES string of the molecule is CC(C)CCOc1cccc(C2CC(C)CN2)c1. The van der Waals surface area contributed by atoms with Crippen LogP contribution in [0.5, 0.6) is 5.75 Å². The Kier molecular flexibility index (Phi) is 4.65. The van der Waals surface area contributed by atoms with Gasteiger partial charge in [0, 0.05) is 6.04 Å². The molecule has 1 heterocycles. The minimum Gasteiger partial charge on any atom is -0.494 e. The molecule has 0 bridgehead atoms. The summed E-state index contributed by atoms with van der Waals surface area (Å²) in [4.78, 5) is 0. The van der Waals surface area contributed by atoms with Crippen molar-refractivity contribution in [1.29, 1.82) is 0 Å². The summed E-state index contributed by atoms with van der Waals surface area (Å²) in [7, 11) is 0. The van der Waals surface area contributed by atoms with Crippen LogP contribution in [-0.2, 0) is 0 Å². The molecule has 2 rings (SSSR count). The molecule has 1 aliphatic heterocycles. The van der Waals surface area contributed by atoms with E-state index in [1.165, 1.54) is 12.0 Å². The van der Waals surface area contributed by atoms with Gasteiger partial charge in [-0.1, -0.05) is 32.9 Å². The molecule has 0 radical (unpaired) electrons. The van der Waals surface area contributed by atoms with Crippen molar-refractivity contribution in [3.05, 3.63) is 29.8 Å². The van der Waals surface area contributed by atoms with Crippen molar-refractivity contribution < 1.29 is 4.74 Å². The molecule has 0 amide bonds. The highest BCUT2D eigenvalue weighted by atomic mass is 16.5. The average Bonchev–Trinajstić information content (AvgIpc) is 2.76. The Morgan fingerprint density at radius 2 is 2.22 bits per heavy atom. The van der Waals surface area contributed by atoms with Crippen molar-refractivity contribution in [2.45, 2.75) is 39.7 Å². The molecule has 1 N–H and O–H groups in total. The standard InChI is InChI=1S/C16H25NO/c1-12(2)7-8-18-15-6-4-5-14(10-15)16-9-13(3)11-17-16/h4-6,10,12-13,16-17H,7-9,11H2,1-3H3. The van der Waals surface area contributed by atoms with Crippen LogP contribution >= 0.6 is 0 Å². The van der Waals surface area contributed by atoms with Crippen LogP contribution in [0.1, 0.15) is 45.2 Å². The number of nitrogens with one attached hydrogen (secondary N) is 1. The lowest BCUT2D eigenvalue weighted by atomic mass is 10.0. The van der Waals surface area contributed by atoms with Crippen LogP contribution in [0, 0.1) is 11.8 Å². The number of rotatable bonds is 5. The van der Waals surface area contributed by atoms with Gasteiger partial charge in [0.15, 0.2) is 0 Å². The van der Waals surface area contributed by atoms with E-state index in [0.29, 0.717) is 12.0 Å². The number of hydrogen-bond donors (Lipinski definition) is 1. The summed E-state index contributed by atoms with van der Waals surface area (Å²) >= 11 is 0. The first-order valence-corrected chi connectivity index (χ1v) is 7.11. The molecule has 1 aliphatic rings. The lowest BCUT2D eigenvalue weighted by Gasteiger charge is -2.13. The number of hydrogen-bond acceptors (Lipinski definition) is 2. The molecule has 1 saturated heterocycles. The summed E-state index contributed by atoms with van der Waals surface area (Å²) in [6, 6.07) is 9.06. The van der Waals surface area contributed by atoms with Gasteiger partial charge < -0.3 is 10.1 Å². The molecule has 2 heteroatoms. The summed E-state index contributed by atoms with van der Waals surface area (Å²) in [5, 5.41) is 3.57. The Morgan fingerprint density at radius 3 is 2.89 bits per heavy atom. The first kappa shape index (κ1) is 13.4. The van der Waals surface area contributed by atoms with Gasteiger partial charge in [-0.25, -0.2) is 0 Å². The Labute approximate surface area is 111 Å². The zero-order valence-electron chi connectivity index (χ0n) is 11.8. The Hall–Kier alpha value is -1.02. The maximum atomic E-state index is 5.82. The lowest BCUT2D eigenvalue weighted by Crippen LogP contribution is -2.13. The molecule has 1 fully saturated rings. The fourth-order valence-electron chi connectivity index (χ4n) is 2.40. The fraction of sp³-hybridized carbons (Fsp3) is 0.625. The van der Waals surface area contributed by atoms with Gasteiger partial charge in [-0.2, -0.15) is 0 Å². The molecular weight excluding hydrogens is 222 g/mol. The summed E-state index contributed by atoms with van der Waals surface area (Å²) in [6.45, 7) is 8.70. The zero-order chi connectivity index (χ0) is 13.0. The van der Waals surface area contributed by atoms with Crippen LogP contribution in [0.15, 0.2) is 24.3 Å². The van der Waals surface area contributed by atoms with Gasteiger partial charge in [-0.3, -0.25) is 0 Å². The smallest absolute Gasteiger partial charge is 0.119 e. The van der Waals surface area contributed by atoms with Crippen LogP contribution in [-0.4, -0.2) is 13.2 Å². The van der Waals surface area contributed by atoms with E-state index in [4.69, 9.17) is 4.74 Å². The van der Waals surface area contributed by atoms with Crippen LogP contribution in [0.25, 0.3) is 0 Å². The minimum atomic E-state index is 0.508. The summed E-state index contributed by atoms with van der Waals surface area (Å²) in [5.74, 6) is 2.49. The van der Waals surface area contributed by atoms with Crippen molar-refractivity contribution in [3.8, 4) is 5.75 Å². The predicted molar refractivity (Wildman–Crippen MR) is 75.9 cm³/mol. The largest absolute Gasteiger partial charge is 0.494 e. The molecule has 2 atom stereocenters. The zero-order valence-corrected chi connectivity index (χ0v) is 11.8. The molecule has 0 saturated carbocycles. The van der Waals surface area contributed by atoms with Gasteiger partial charge in [-0.15, -0.1) is 0 Å². The first-order chi connectivity index (χ1) is 8.65. The highest BCUT2D eigenvalue weighted by Gasteiger charge is 2.21. The van der Waals surface area contributed by atoms with E-state index in [1.807, 2.05) is 0 Å². The highest BCUT2D eigenvalue weighted by Crippen LogP contribution is 2.28. The third kappa shape index (κ3) is 3.74. The maximum absolute atomic E-state index is 5.82. The molecule has 1 aromatic carbocycles. The molecule has 100 valence electrons. The maximum Gasteiger partial charge on any atom is 0.119 e. The summed E-state index contributed by atoms with van der Waals surface area (Å²) in [6.07, 6.45) is 2.35. The predicted octanol–water partition coefficient (Wildman–Crippen LogP) is 3.78. The Balaban J connectivity index is 1.92. The molecule has 2 nitrogen and oxygen atoms in total. The highest BCUT2D eigenvalue weighted by molar-refractivity contribution is 5.31. The van der Waals surface area contributed by atoms with Gasteiger partial charge in [0.25, 0.3) is 0 Å². The Morgan fingerprint density at radius 1 is 1.39 bits per heavy atom. The lowest BCUT2D eigenvalue weighted by molar-refractivity contribution is 0.289. The van der Waals surface area contributed by atoms with Crippen molar-refractivity contribution >= 4 is 0 Å². The molecular formula is C16H25NO. The van der Waals surface area contributed by atoms with Crippen molar-refractivity contribution in [2.24, 2.45) is 11.8 Å². The van der Waals surface area contributed by atoms with E-state index in [2.05, 4.69) is 50.4 Å². The molecule has 18 heavy (non-hydrogen) atoms. The van der Waals surface area contributed by atoms with E-state index < -0.39 is 0 Å². The summed E-state index contributed by atoms with van der Waals surface area (Å²) in [5.41, 5.74) is 1.36. The normalized spacial score (nSPS) is 23.6. The minimum absolute atomic E-state index is 0.508. The third-order valence-electron chi connectivity index (χ3n) is 3.58. The third-order valence-corrected chi connectivity index (χ3v) is 3.58. The fourth-order valence-corrected chi connectivity index (χ4v) is 2.40. The molecule has 0 aliphatic carbocycles. The van der Waals surface area contributed by atoms with Gasteiger partial charge in [-0.05, 0) is 48.9 Å². The van der Waals surface area contributed by atoms with E-state index in [1.54, 1.807) is 0 Å². The average molecular weight is 247 g/mol. The number of ether oxygens (including phenoxy) is 1. The van der Waals surface area contributed by atoms with Crippen LogP contribution in [0.3, 0.4) is 0 Å². The van der Waals surface area contributed by atoms with E-state index in [-0.39, 0.29) is 0 Å². The molecule has 2 unspecified atom stereocenters. The quantitative estimate of drug-likeness (QED) is 0.855. The van der Waals surface area contributed by atoms with Crippen LogP contribution in [0.4, 0.5) is 0 Å². The first-order valence-electron chi connectivity index (χ1n) is 7.11. The number of benzene rings is 1. The van der Waals surface area contributed by atoms with Gasteiger partial charge in [0.2, 0.25) is 0 Å². The monoisotopic (exact) mass is 247 g/mol. The van der Waals surface area contributed by atoms with E-state index >= 15 is 0 Å². The molecule has 0 spiro atoms. The van der Waals surface area contributed by atoms with Crippen molar-refractivity contribution in [2.75, 3.05) is 13.2 Å². The molecule has 1 aromatic rings. The van der Waals surface area contributed by atoms with Crippen molar-refractivity contribution in [3.63, 3.8) is 0 Å². The molecule has 0 aromatic heterocycles. The second kappa shape index (κ2) is 6.24. The summed E-state index contributed by atoms with van der Waals surface area (Å²) < 4.78 is 5.82.